The molecule has 1 aliphatic rings. The summed E-state index contributed by atoms with van der Waals surface area (Å²) in [4.78, 5) is 17.1. The molecule has 5 rings (SSSR count). The first kappa shape index (κ1) is 18.8. The predicted molar refractivity (Wildman–Crippen MR) is 114 cm³/mol. The third-order valence-corrected chi connectivity index (χ3v) is 5.38. The van der Waals surface area contributed by atoms with Crippen molar-refractivity contribution in [1.29, 1.82) is 0 Å². The highest BCUT2D eigenvalue weighted by molar-refractivity contribution is 6.30. The molecule has 0 aliphatic carbocycles. The van der Waals surface area contributed by atoms with E-state index in [4.69, 9.17) is 16.0 Å². The average Bonchev–Trinajstić information content (AvgIpc) is 3.36. The number of nitrogens with one attached hydrogen (secondary N) is 1. The maximum Gasteiger partial charge on any atom is 0.256 e. The zero-order valence-electron chi connectivity index (χ0n) is 16.3. The summed E-state index contributed by atoms with van der Waals surface area (Å²) in [6.07, 6.45) is 3.96. The van der Waals surface area contributed by atoms with Gasteiger partial charge < -0.3 is 9.32 Å². The van der Waals surface area contributed by atoms with E-state index < -0.39 is 0 Å². The quantitative estimate of drug-likeness (QED) is 0.522. The number of benzene rings is 1. The SMILES string of the molecule is Clc1ccc(CN2CCCN(c3ccc(Nc4ncnc5ncnn45)o3)CC2)cc1. The van der Waals surface area contributed by atoms with Crippen LogP contribution in [0.15, 0.2) is 53.5 Å². The Balaban J connectivity index is 1.23. The fourth-order valence-electron chi connectivity index (χ4n) is 3.62. The van der Waals surface area contributed by atoms with Gasteiger partial charge in [0.2, 0.25) is 11.8 Å². The van der Waals surface area contributed by atoms with Gasteiger partial charge in [0.15, 0.2) is 5.88 Å². The monoisotopic (exact) mass is 424 g/mol. The zero-order chi connectivity index (χ0) is 20.3. The Morgan fingerprint density at radius 2 is 1.80 bits per heavy atom. The molecule has 0 bridgehead atoms. The minimum absolute atomic E-state index is 0.479. The van der Waals surface area contributed by atoms with Crippen molar-refractivity contribution in [1.82, 2.24) is 29.5 Å². The Labute approximate surface area is 178 Å². The summed E-state index contributed by atoms with van der Waals surface area (Å²) in [6.45, 7) is 4.80. The van der Waals surface area contributed by atoms with Crippen molar-refractivity contribution in [3.63, 3.8) is 0 Å². The summed E-state index contributed by atoms with van der Waals surface area (Å²) < 4.78 is 7.57. The number of hydrogen-bond acceptors (Lipinski definition) is 8. The Hall–Kier alpha value is -3.17. The lowest BCUT2D eigenvalue weighted by atomic mass is 10.2. The number of nitrogens with zero attached hydrogens (tertiary/aromatic N) is 7. The topological polar surface area (TPSA) is 87.6 Å². The van der Waals surface area contributed by atoms with Crippen LogP contribution in [0.4, 0.5) is 17.7 Å². The number of halogens is 1. The number of aromatic nitrogens is 5. The van der Waals surface area contributed by atoms with E-state index >= 15 is 0 Å². The number of furan rings is 1. The van der Waals surface area contributed by atoms with E-state index in [2.05, 4.69) is 47.3 Å². The van der Waals surface area contributed by atoms with E-state index in [0.717, 1.165) is 50.1 Å². The average molecular weight is 425 g/mol. The predicted octanol–water partition coefficient (Wildman–Crippen LogP) is 3.22. The highest BCUT2D eigenvalue weighted by Crippen LogP contribution is 2.25. The van der Waals surface area contributed by atoms with Gasteiger partial charge in [0.1, 0.15) is 12.7 Å². The van der Waals surface area contributed by atoms with Crippen LogP contribution in [-0.4, -0.2) is 55.6 Å². The van der Waals surface area contributed by atoms with Gasteiger partial charge >= 0.3 is 0 Å². The van der Waals surface area contributed by atoms with Gasteiger partial charge in [-0.3, -0.25) is 10.2 Å². The Morgan fingerprint density at radius 3 is 2.70 bits per heavy atom. The van der Waals surface area contributed by atoms with Crippen LogP contribution in [-0.2, 0) is 6.54 Å². The van der Waals surface area contributed by atoms with Crippen molar-refractivity contribution in [3.05, 3.63) is 59.6 Å². The summed E-state index contributed by atoms with van der Waals surface area (Å²) >= 11 is 5.99. The maximum absolute atomic E-state index is 6.03. The van der Waals surface area contributed by atoms with Crippen LogP contribution in [0.25, 0.3) is 5.78 Å². The first-order chi connectivity index (χ1) is 14.7. The highest BCUT2D eigenvalue weighted by atomic mass is 35.5. The molecule has 0 spiro atoms. The molecule has 0 radical (unpaired) electrons. The largest absolute Gasteiger partial charge is 0.425 e. The van der Waals surface area contributed by atoms with Crippen LogP contribution in [0, 0.1) is 0 Å². The van der Waals surface area contributed by atoms with E-state index in [9.17, 15) is 0 Å². The molecule has 4 aromatic rings. The Bertz CT molecular complexity index is 1130. The van der Waals surface area contributed by atoms with Crippen molar-refractivity contribution in [2.75, 3.05) is 36.4 Å². The van der Waals surface area contributed by atoms with Crippen LogP contribution < -0.4 is 10.2 Å². The van der Waals surface area contributed by atoms with Crippen LogP contribution in [0.5, 0.6) is 0 Å². The van der Waals surface area contributed by atoms with E-state index in [0.29, 0.717) is 17.6 Å². The molecule has 3 aromatic heterocycles. The van der Waals surface area contributed by atoms with Crippen molar-refractivity contribution in [3.8, 4) is 0 Å². The fourth-order valence-corrected chi connectivity index (χ4v) is 3.75. The van der Waals surface area contributed by atoms with Crippen LogP contribution >= 0.6 is 11.6 Å². The molecular formula is C20H21ClN8O. The molecule has 0 unspecified atom stereocenters. The van der Waals surface area contributed by atoms with Gasteiger partial charge in [-0.05, 0) is 24.1 Å². The second kappa shape index (κ2) is 8.29. The summed E-state index contributed by atoms with van der Waals surface area (Å²) in [5.41, 5.74) is 1.28. The van der Waals surface area contributed by atoms with Crippen LogP contribution in [0.3, 0.4) is 0 Å². The molecule has 9 nitrogen and oxygen atoms in total. The third kappa shape index (κ3) is 4.07. The first-order valence-corrected chi connectivity index (χ1v) is 10.2. The summed E-state index contributed by atoms with van der Waals surface area (Å²) in [5, 5.41) is 8.05. The molecule has 30 heavy (non-hydrogen) atoms. The first-order valence-electron chi connectivity index (χ1n) is 9.84. The van der Waals surface area contributed by atoms with Crippen molar-refractivity contribution >= 4 is 35.1 Å². The maximum atomic E-state index is 6.03. The van der Waals surface area contributed by atoms with E-state index in [1.54, 1.807) is 0 Å². The summed E-state index contributed by atoms with van der Waals surface area (Å²) in [5.74, 6) is 2.42. The molecule has 0 amide bonds. The van der Waals surface area contributed by atoms with Gasteiger partial charge in [-0.15, -0.1) is 0 Å². The van der Waals surface area contributed by atoms with Crippen molar-refractivity contribution < 1.29 is 4.42 Å². The lowest BCUT2D eigenvalue weighted by molar-refractivity contribution is 0.285. The lowest BCUT2D eigenvalue weighted by Gasteiger charge is -2.21. The molecule has 1 saturated heterocycles. The molecule has 1 aliphatic heterocycles. The minimum atomic E-state index is 0.479. The molecule has 10 heteroatoms. The lowest BCUT2D eigenvalue weighted by Crippen LogP contribution is -2.30. The normalized spacial score (nSPS) is 15.4. The van der Waals surface area contributed by atoms with Crippen molar-refractivity contribution in [2.45, 2.75) is 13.0 Å². The Morgan fingerprint density at radius 1 is 0.933 bits per heavy atom. The van der Waals surface area contributed by atoms with Gasteiger partial charge in [-0.2, -0.15) is 19.6 Å². The number of anilines is 3. The van der Waals surface area contributed by atoms with Gasteiger partial charge in [-0.25, -0.2) is 4.98 Å². The number of rotatable bonds is 5. The van der Waals surface area contributed by atoms with Gasteiger partial charge in [0.05, 0.1) is 0 Å². The molecule has 1 aromatic carbocycles. The summed E-state index contributed by atoms with van der Waals surface area (Å²) in [6, 6.07) is 12.0. The second-order valence-corrected chi connectivity index (χ2v) is 7.61. The number of fused-ring (bicyclic) bond motifs is 1. The van der Waals surface area contributed by atoms with Crippen LogP contribution in [0.1, 0.15) is 12.0 Å². The molecule has 1 fully saturated rings. The standard InChI is InChI=1S/C20H21ClN8O/c21-16-4-2-15(3-5-16)12-27-8-1-9-28(11-10-27)18-7-6-17(30-18)26-20-23-13-22-19-24-14-25-29(19)20/h2-7,13-14H,1,8-12H2,(H,22,23,24,25,26). The molecular weight excluding hydrogens is 404 g/mol. The van der Waals surface area contributed by atoms with Gasteiger partial charge in [-0.1, -0.05) is 23.7 Å². The summed E-state index contributed by atoms with van der Waals surface area (Å²) in [7, 11) is 0. The smallest absolute Gasteiger partial charge is 0.256 e. The van der Waals surface area contributed by atoms with E-state index in [-0.39, 0.29) is 0 Å². The minimum Gasteiger partial charge on any atom is -0.425 e. The fraction of sp³-hybridized carbons (Fsp3) is 0.300. The van der Waals surface area contributed by atoms with Gasteiger partial charge in [0, 0.05) is 49.9 Å². The molecule has 0 saturated carbocycles. The van der Waals surface area contributed by atoms with Gasteiger partial charge in [0.25, 0.3) is 5.78 Å². The third-order valence-electron chi connectivity index (χ3n) is 5.13. The number of hydrogen-bond donors (Lipinski definition) is 1. The molecule has 4 heterocycles. The Kier molecular flexibility index (Phi) is 5.20. The molecule has 0 atom stereocenters. The second-order valence-electron chi connectivity index (χ2n) is 7.18. The van der Waals surface area contributed by atoms with Crippen LogP contribution in [0.2, 0.25) is 5.02 Å². The zero-order valence-corrected chi connectivity index (χ0v) is 17.0. The van der Waals surface area contributed by atoms with E-state index in [1.807, 2.05) is 24.3 Å². The highest BCUT2D eigenvalue weighted by Gasteiger charge is 2.18. The van der Waals surface area contributed by atoms with Crippen molar-refractivity contribution in [2.24, 2.45) is 0 Å². The molecule has 1 N–H and O–H groups in total. The van der Waals surface area contributed by atoms with E-state index in [1.165, 1.54) is 22.7 Å². The molecule has 154 valence electrons.